The molecule has 1 amide bonds. The number of pyridine rings is 1. The second kappa shape index (κ2) is 6.26. The lowest BCUT2D eigenvalue weighted by atomic mass is 10.1. The lowest BCUT2D eigenvalue weighted by molar-refractivity contribution is 0.102. The largest absolute Gasteiger partial charge is 0.360 e. The van der Waals surface area contributed by atoms with Gasteiger partial charge in [-0.1, -0.05) is 36.7 Å². The van der Waals surface area contributed by atoms with Crippen LogP contribution in [0.1, 0.15) is 22.8 Å². The molecule has 2 aromatic carbocycles. The SMILES string of the molecule is CCc1ccccc1NC(=O)c1c[nH]c2ccc(Cl)cc2c1=O. The first kappa shape index (κ1) is 15.3. The average Bonchev–Trinajstić information content (AvgIpc) is 2.56. The van der Waals surface area contributed by atoms with Crippen LogP contribution in [0, 0.1) is 0 Å². The van der Waals surface area contributed by atoms with Crippen LogP contribution in [0.25, 0.3) is 10.9 Å². The highest BCUT2D eigenvalue weighted by molar-refractivity contribution is 6.31. The molecule has 2 N–H and O–H groups in total. The Morgan fingerprint density at radius 3 is 2.78 bits per heavy atom. The van der Waals surface area contributed by atoms with Crippen LogP contribution in [-0.4, -0.2) is 10.9 Å². The van der Waals surface area contributed by atoms with Gasteiger partial charge in [0.05, 0.1) is 0 Å². The zero-order valence-corrected chi connectivity index (χ0v) is 13.3. The van der Waals surface area contributed by atoms with E-state index in [0.717, 1.165) is 12.0 Å². The van der Waals surface area contributed by atoms with Crippen molar-refractivity contribution in [3.05, 3.63) is 75.0 Å². The highest BCUT2D eigenvalue weighted by Gasteiger charge is 2.14. The molecule has 1 aromatic heterocycles. The van der Waals surface area contributed by atoms with Gasteiger partial charge in [-0.2, -0.15) is 0 Å². The summed E-state index contributed by atoms with van der Waals surface area (Å²) in [5, 5.41) is 3.66. The van der Waals surface area contributed by atoms with Gasteiger partial charge in [0.25, 0.3) is 5.91 Å². The number of benzene rings is 2. The second-order valence-electron chi connectivity index (χ2n) is 5.19. The van der Waals surface area contributed by atoms with Crippen molar-refractivity contribution in [2.24, 2.45) is 0 Å². The van der Waals surface area contributed by atoms with E-state index in [4.69, 9.17) is 11.6 Å². The molecule has 4 nitrogen and oxygen atoms in total. The predicted octanol–water partition coefficient (Wildman–Crippen LogP) is 4.00. The molecule has 0 aliphatic heterocycles. The summed E-state index contributed by atoms with van der Waals surface area (Å²) >= 11 is 5.94. The van der Waals surface area contributed by atoms with Crippen molar-refractivity contribution in [1.29, 1.82) is 0 Å². The molecule has 0 saturated carbocycles. The first-order valence-corrected chi connectivity index (χ1v) is 7.68. The highest BCUT2D eigenvalue weighted by Crippen LogP contribution is 2.18. The summed E-state index contributed by atoms with van der Waals surface area (Å²) in [5.41, 5.74) is 2.09. The monoisotopic (exact) mass is 326 g/mol. The standard InChI is InChI=1S/C18H15ClN2O2/c1-2-11-5-3-4-6-15(11)21-18(23)14-10-20-16-8-7-12(19)9-13(16)17(14)22/h3-10H,2H2,1H3,(H,20,22)(H,21,23). The third kappa shape index (κ3) is 2.98. The van der Waals surface area contributed by atoms with Gasteiger partial charge in [0.1, 0.15) is 5.56 Å². The number of H-pyrrole nitrogens is 1. The molecule has 0 bridgehead atoms. The summed E-state index contributed by atoms with van der Waals surface area (Å²) in [4.78, 5) is 28.0. The molecule has 0 aliphatic rings. The molecule has 0 atom stereocenters. The van der Waals surface area contributed by atoms with Gasteiger partial charge in [-0.25, -0.2) is 0 Å². The van der Waals surface area contributed by atoms with E-state index in [1.165, 1.54) is 6.20 Å². The quantitative estimate of drug-likeness (QED) is 0.764. The van der Waals surface area contributed by atoms with Crippen LogP contribution in [-0.2, 0) is 6.42 Å². The van der Waals surface area contributed by atoms with Crippen molar-refractivity contribution in [3.8, 4) is 0 Å². The molecule has 0 aliphatic carbocycles. The van der Waals surface area contributed by atoms with E-state index in [-0.39, 0.29) is 11.0 Å². The Morgan fingerprint density at radius 2 is 2.00 bits per heavy atom. The number of rotatable bonds is 3. The van der Waals surface area contributed by atoms with Gasteiger partial charge in [-0.05, 0) is 36.2 Å². The minimum atomic E-state index is -0.436. The summed E-state index contributed by atoms with van der Waals surface area (Å²) in [5.74, 6) is -0.436. The zero-order valence-electron chi connectivity index (χ0n) is 12.5. The van der Waals surface area contributed by atoms with Crippen molar-refractivity contribution in [2.45, 2.75) is 13.3 Å². The number of aromatic nitrogens is 1. The van der Waals surface area contributed by atoms with Crippen molar-refractivity contribution in [1.82, 2.24) is 4.98 Å². The topological polar surface area (TPSA) is 62.0 Å². The van der Waals surface area contributed by atoms with Crippen LogP contribution in [0.3, 0.4) is 0 Å². The fourth-order valence-electron chi connectivity index (χ4n) is 2.50. The van der Waals surface area contributed by atoms with Crippen molar-refractivity contribution < 1.29 is 4.79 Å². The molecule has 0 fully saturated rings. The molecule has 23 heavy (non-hydrogen) atoms. The molecular formula is C18H15ClN2O2. The Kier molecular flexibility index (Phi) is 4.17. The molecule has 0 unspecified atom stereocenters. The third-order valence-electron chi connectivity index (χ3n) is 3.73. The van der Waals surface area contributed by atoms with Crippen LogP contribution in [0.5, 0.6) is 0 Å². The molecule has 0 radical (unpaired) electrons. The van der Waals surface area contributed by atoms with E-state index in [2.05, 4.69) is 10.3 Å². The fraction of sp³-hybridized carbons (Fsp3) is 0.111. The number of anilines is 1. The summed E-state index contributed by atoms with van der Waals surface area (Å²) in [6, 6.07) is 12.5. The number of hydrogen-bond donors (Lipinski definition) is 2. The van der Waals surface area contributed by atoms with Crippen molar-refractivity contribution in [3.63, 3.8) is 0 Å². The molecule has 0 spiro atoms. The number of nitrogens with one attached hydrogen (secondary N) is 2. The summed E-state index contributed by atoms with van der Waals surface area (Å²) < 4.78 is 0. The Balaban J connectivity index is 2.01. The van der Waals surface area contributed by atoms with Crippen LogP contribution in [0.15, 0.2) is 53.5 Å². The van der Waals surface area contributed by atoms with Gasteiger partial charge in [0.2, 0.25) is 5.43 Å². The summed E-state index contributed by atoms with van der Waals surface area (Å²) in [6.07, 6.45) is 2.22. The Bertz CT molecular complexity index is 947. The van der Waals surface area contributed by atoms with Gasteiger partial charge < -0.3 is 10.3 Å². The number of para-hydroxylation sites is 1. The number of aryl methyl sites for hydroxylation is 1. The number of carbonyl (C=O) groups is 1. The van der Waals surface area contributed by atoms with Crippen molar-refractivity contribution >= 4 is 34.1 Å². The summed E-state index contributed by atoms with van der Waals surface area (Å²) in [7, 11) is 0. The van der Waals surface area contributed by atoms with Crippen LogP contribution in [0.2, 0.25) is 5.02 Å². The minimum absolute atomic E-state index is 0.0608. The van der Waals surface area contributed by atoms with Crippen LogP contribution < -0.4 is 10.7 Å². The number of hydrogen-bond acceptors (Lipinski definition) is 2. The van der Waals surface area contributed by atoms with Gasteiger partial charge in [0, 0.05) is 27.8 Å². The predicted molar refractivity (Wildman–Crippen MR) is 93.4 cm³/mol. The molecule has 3 aromatic rings. The molecule has 1 heterocycles. The van der Waals surface area contributed by atoms with E-state index in [1.54, 1.807) is 18.2 Å². The summed E-state index contributed by atoms with van der Waals surface area (Å²) in [6.45, 7) is 2.01. The number of aromatic amines is 1. The second-order valence-corrected chi connectivity index (χ2v) is 5.62. The van der Waals surface area contributed by atoms with E-state index in [9.17, 15) is 9.59 Å². The first-order valence-electron chi connectivity index (χ1n) is 7.30. The number of halogens is 1. The maximum absolute atomic E-state index is 12.5. The van der Waals surface area contributed by atoms with E-state index < -0.39 is 5.91 Å². The Labute approximate surface area is 138 Å². The minimum Gasteiger partial charge on any atom is -0.360 e. The average molecular weight is 327 g/mol. The molecule has 116 valence electrons. The number of carbonyl (C=O) groups excluding carboxylic acids is 1. The third-order valence-corrected chi connectivity index (χ3v) is 3.97. The first-order chi connectivity index (χ1) is 11.1. The van der Waals surface area contributed by atoms with Gasteiger partial charge in [-0.3, -0.25) is 9.59 Å². The highest BCUT2D eigenvalue weighted by atomic mass is 35.5. The lowest BCUT2D eigenvalue weighted by Crippen LogP contribution is -2.22. The van der Waals surface area contributed by atoms with Crippen LogP contribution >= 0.6 is 11.6 Å². The lowest BCUT2D eigenvalue weighted by Gasteiger charge is -2.10. The van der Waals surface area contributed by atoms with Gasteiger partial charge >= 0.3 is 0 Å². The Morgan fingerprint density at radius 1 is 1.22 bits per heavy atom. The number of amides is 1. The van der Waals surface area contributed by atoms with E-state index >= 15 is 0 Å². The number of fused-ring (bicyclic) bond motifs is 1. The smallest absolute Gasteiger partial charge is 0.261 e. The molecule has 0 saturated heterocycles. The maximum Gasteiger partial charge on any atom is 0.261 e. The fourth-order valence-corrected chi connectivity index (χ4v) is 2.67. The van der Waals surface area contributed by atoms with Gasteiger partial charge in [-0.15, -0.1) is 0 Å². The van der Waals surface area contributed by atoms with E-state index in [0.29, 0.717) is 21.6 Å². The van der Waals surface area contributed by atoms with E-state index in [1.807, 2.05) is 31.2 Å². The normalized spacial score (nSPS) is 10.7. The molecule has 3 rings (SSSR count). The zero-order chi connectivity index (χ0) is 16.4. The van der Waals surface area contributed by atoms with Crippen LogP contribution in [0.4, 0.5) is 5.69 Å². The van der Waals surface area contributed by atoms with Gasteiger partial charge in [0.15, 0.2) is 0 Å². The Hall–Kier alpha value is -2.59. The maximum atomic E-state index is 12.5. The molecular weight excluding hydrogens is 312 g/mol. The molecule has 5 heteroatoms. The van der Waals surface area contributed by atoms with Crippen molar-refractivity contribution in [2.75, 3.05) is 5.32 Å².